The molecule has 2 aliphatic rings. The van der Waals surface area contributed by atoms with Gasteiger partial charge in [-0.1, -0.05) is 41.9 Å². The van der Waals surface area contributed by atoms with E-state index in [4.69, 9.17) is 11.6 Å². The van der Waals surface area contributed by atoms with Crippen LogP contribution in [-0.2, 0) is 17.8 Å². The number of halogens is 1. The predicted octanol–water partition coefficient (Wildman–Crippen LogP) is 3.00. The first-order chi connectivity index (χ1) is 13.6. The van der Waals surface area contributed by atoms with Crippen molar-refractivity contribution in [1.29, 1.82) is 0 Å². The molecule has 1 aliphatic heterocycles. The Morgan fingerprint density at radius 2 is 2.04 bits per heavy atom. The highest BCUT2D eigenvalue weighted by molar-refractivity contribution is 6.31. The summed E-state index contributed by atoms with van der Waals surface area (Å²) in [7, 11) is 0. The lowest BCUT2D eigenvalue weighted by atomic mass is 10.2. The number of hydrogen-bond acceptors (Lipinski definition) is 4. The molecule has 1 saturated carbocycles. The number of rotatable bonds is 6. The number of carbonyl (C=O) groups excluding carboxylic acids is 1. The molecule has 1 amide bonds. The number of benzene rings is 1. The topological polar surface area (TPSA) is 63.1 Å². The fourth-order valence-electron chi connectivity index (χ4n) is 3.60. The predicted molar refractivity (Wildman–Crippen MR) is 110 cm³/mol. The summed E-state index contributed by atoms with van der Waals surface area (Å²) in [4.78, 5) is 14.4. The molecule has 1 atom stereocenters. The highest BCUT2D eigenvalue weighted by Gasteiger charge is 2.31. The summed E-state index contributed by atoms with van der Waals surface area (Å²) in [5.74, 6) is 2.16. The highest BCUT2D eigenvalue weighted by atomic mass is 35.5. The highest BCUT2D eigenvalue weighted by Crippen LogP contribution is 2.29. The first kappa shape index (κ1) is 19.2. The zero-order valence-electron chi connectivity index (χ0n) is 16.1. The van der Waals surface area contributed by atoms with E-state index >= 15 is 0 Å². The number of amides is 1. The van der Waals surface area contributed by atoms with Crippen LogP contribution in [0.5, 0.6) is 0 Å². The minimum Gasteiger partial charge on any atom is -0.346 e. The second-order valence-corrected chi connectivity index (χ2v) is 8.14. The van der Waals surface area contributed by atoms with Crippen molar-refractivity contribution in [2.45, 2.75) is 38.8 Å². The molecule has 0 spiro atoms. The summed E-state index contributed by atoms with van der Waals surface area (Å²) in [6.07, 6.45) is 4.85. The average molecular weight is 400 g/mol. The van der Waals surface area contributed by atoms with Crippen molar-refractivity contribution in [1.82, 2.24) is 25.0 Å². The van der Waals surface area contributed by atoms with Gasteiger partial charge < -0.3 is 9.88 Å². The molecule has 148 valence electrons. The van der Waals surface area contributed by atoms with Gasteiger partial charge in [-0.3, -0.25) is 9.69 Å². The average Bonchev–Trinajstić information content (AvgIpc) is 3.48. The molecule has 4 rings (SSSR count). The minimum atomic E-state index is -0.123. The molecule has 7 heteroatoms. The Labute approximate surface area is 170 Å². The first-order valence-electron chi connectivity index (χ1n) is 9.96. The summed E-state index contributed by atoms with van der Waals surface area (Å²) >= 11 is 6.50. The third kappa shape index (κ3) is 4.62. The van der Waals surface area contributed by atoms with E-state index in [-0.39, 0.29) is 17.9 Å². The van der Waals surface area contributed by atoms with Gasteiger partial charge >= 0.3 is 0 Å². The van der Waals surface area contributed by atoms with Crippen molar-refractivity contribution in [2.24, 2.45) is 5.92 Å². The second-order valence-electron chi connectivity index (χ2n) is 7.66. The van der Waals surface area contributed by atoms with E-state index < -0.39 is 0 Å². The standard InChI is InChI=1S/C21H26ClN5O/c1-15(23-21(28)17-7-8-17)20-25-24-19-9-10-26(11-12-27(19)20)14-18(22)13-16-5-3-2-4-6-16/h2-6,13,15,17H,7-12,14H2,1H3,(H,23,28)/b18-13-. The number of aromatic nitrogens is 3. The maximum atomic E-state index is 12.1. The number of carbonyl (C=O) groups is 1. The van der Waals surface area contributed by atoms with Gasteiger partial charge in [-0.2, -0.15) is 0 Å². The van der Waals surface area contributed by atoms with E-state index in [0.717, 1.165) is 67.7 Å². The molecule has 1 aromatic carbocycles. The van der Waals surface area contributed by atoms with Gasteiger partial charge in [0, 0.05) is 43.6 Å². The monoisotopic (exact) mass is 399 g/mol. The largest absolute Gasteiger partial charge is 0.346 e. The number of nitrogens with zero attached hydrogens (tertiary/aromatic N) is 4. The van der Waals surface area contributed by atoms with Crippen LogP contribution in [0.4, 0.5) is 0 Å². The van der Waals surface area contributed by atoms with E-state index in [1.807, 2.05) is 31.2 Å². The van der Waals surface area contributed by atoms with E-state index in [1.54, 1.807) is 0 Å². The number of hydrogen-bond donors (Lipinski definition) is 1. The molecule has 1 unspecified atom stereocenters. The molecule has 1 fully saturated rings. The van der Waals surface area contributed by atoms with E-state index in [2.05, 4.69) is 37.1 Å². The summed E-state index contributed by atoms with van der Waals surface area (Å²) in [6.45, 7) is 5.27. The van der Waals surface area contributed by atoms with Crippen molar-refractivity contribution in [3.8, 4) is 0 Å². The lowest BCUT2D eigenvalue weighted by Crippen LogP contribution is -2.31. The molecule has 6 nitrogen and oxygen atoms in total. The van der Waals surface area contributed by atoms with Crippen LogP contribution in [0, 0.1) is 5.92 Å². The van der Waals surface area contributed by atoms with Crippen LogP contribution in [0.15, 0.2) is 35.4 Å². The first-order valence-corrected chi connectivity index (χ1v) is 10.3. The zero-order valence-corrected chi connectivity index (χ0v) is 16.9. The molecule has 1 N–H and O–H groups in total. The van der Waals surface area contributed by atoms with E-state index in [1.165, 1.54) is 0 Å². The van der Waals surface area contributed by atoms with Gasteiger partial charge in [-0.25, -0.2) is 0 Å². The van der Waals surface area contributed by atoms with Gasteiger partial charge in [-0.05, 0) is 31.4 Å². The normalized spacial score (nSPS) is 19.0. The van der Waals surface area contributed by atoms with Crippen molar-refractivity contribution in [2.75, 3.05) is 19.6 Å². The van der Waals surface area contributed by atoms with Gasteiger partial charge in [-0.15, -0.1) is 10.2 Å². The van der Waals surface area contributed by atoms with Crippen LogP contribution in [0.2, 0.25) is 0 Å². The fourth-order valence-corrected chi connectivity index (χ4v) is 3.89. The van der Waals surface area contributed by atoms with Crippen LogP contribution in [0.1, 0.15) is 43.0 Å². The van der Waals surface area contributed by atoms with Crippen LogP contribution >= 0.6 is 11.6 Å². The van der Waals surface area contributed by atoms with Crippen molar-refractivity contribution >= 4 is 23.6 Å². The summed E-state index contributed by atoms with van der Waals surface area (Å²) < 4.78 is 2.16. The molecule has 0 bridgehead atoms. The lowest BCUT2D eigenvalue weighted by Gasteiger charge is -2.19. The maximum Gasteiger partial charge on any atom is 0.223 e. The zero-order chi connectivity index (χ0) is 19.5. The van der Waals surface area contributed by atoms with Gasteiger partial charge in [0.25, 0.3) is 0 Å². The molecule has 28 heavy (non-hydrogen) atoms. The van der Waals surface area contributed by atoms with Gasteiger partial charge in [0.05, 0.1) is 6.04 Å². The van der Waals surface area contributed by atoms with Crippen molar-refractivity contribution in [3.63, 3.8) is 0 Å². The van der Waals surface area contributed by atoms with Crippen LogP contribution < -0.4 is 5.32 Å². The Morgan fingerprint density at radius 3 is 2.79 bits per heavy atom. The summed E-state index contributed by atoms with van der Waals surface area (Å²) in [6, 6.07) is 10.0. The van der Waals surface area contributed by atoms with Gasteiger partial charge in [0.2, 0.25) is 5.91 Å². The number of nitrogens with one attached hydrogen (secondary N) is 1. The van der Waals surface area contributed by atoms with Gasteiger partial charge in [0.1, 0.15) is 5.82 Å². The van der Waals surface area contributed by atoms with Gasteiger partial charge in [0.15, 0.2) is 5.82 Å². The third-order valence-electron chi connectivity index (χ3n) is 5.34. The van der Waals surface area contributed by atoms with Crippen LogP contribution in [-0.4, -0.2) is 45.2 Å². The second kappa shape index (κ2) is 8.45. The Hall–Kier alpha value is -2.18. The Morgan fingerprint density at radius 1 is 1.25 bits per heavy atom. The smallest absolute Gasteiger partial charge is 0.223 e. The summed E-state index contributed by atoms with van der Waals surface area (Å²) in [5, 5.41) is 12.6. The number of fused-ring (bicyclic) bond motifs is 1. The lowest BCUT2D eigenvalue weighted by molar-refractivity contribution is -0.123. The van der Waals surface area contributed by atoms with E-state index in [0.29, 0.717) is 0 Å². The molecule has 2 aromatic rings. The Kier molecular flexibility index (Phi) is 5.78. The minimum absolute atomic E-state index is 0.123. The Balaban J connectivity index is 1.38. The van der Waals surface area contributed by atoms with E-state index in [9.17, 15) is 4.79 Å². The molecule has 0 saturated heterocycles. The molecule has 1 aromatic heterocycles. The Bertz CT molecular complexity index is 859. The van der Waals surface area contributed by atoms with Crippen molar-refractivity contribution < 1.29 is 4.79 Å². The summed E-state index contributed by atoms with van der Waals surface area (Å²) in [5.41, 5.74) is 1.11. The molecule has 1 aliphatic carbocycles. The molecule has 0 radical (unpaired) electrons. The van der Waals surface area contributed by atoms with Crippen LogP contribution in [0.25, 0.3) is 6.08 Å². The van der Waals surface area contributed by atoms with Crippen molar-refractivity contribution in [3.05, 3.63) is 52.6 Å². The maximum absolute atomic E-state index is 12.1. The third-order valence-corrected chi connectivity index (χ3v) is 5.57. The fraction of sp³-hybridized carbons (Fsp3) is 0.476. The molecular weight excluding hydrogens is 374 g/mol. The van der Waals surface area contributed by atoms with Crippen LogP contribution in [0.3, 0.4) is 0 Å². The SMILES string of the molecule is CC(NC(=O)C1CC1)c1nnc2n1CCN(C/C(Cl)=C/c1ccccc1)CC2. The molecular formula is C21H26ClN5O. The molecule has 2 heterocycles. The quantitative estimate of drug-likeness (QED) is 0.811.